The lowest BCUT2D eigenvalue weighted by Gasteiger charge is -2.22. The molecular formula is C14H17NO2S2. The van der Waals surface area contributed by atoms with E-state index < -0.39 is 0 Å². The van der Waals surface area contributed by atoms with Gasteiger partial charge in [0.15, 0.2) is 0 Å². The summed E-state index contributed by atoms with van der Waals surface area (Å²) in [5.74, 6) is 7.70. The summed E-state index contributed by atoms with van der Waals surface area (Å²) in [6.45, 7) is 1.78. The zero-order valence-corrected chi connectivity index (χ0v) is 12.5. The van der Waals surface area contributed by atoms with E-state index in [9.17, 15) is 4.79 Å². The lowest BCUT2D eigenvalue weighted by molar-refractivity contribution is 0.0942. The fraction of sp³-hybridized carbons (Fsp3) is 0.500. The smallest absolute Gasteiger partial charge is 0.261 e. The molecule has 1 saturated heterocycles. The molecule has 5 heteroatoms. The van der Waals surface area contributed by atoms with Gasteiger partial charge in [-0.2, -0.15) is 11.8 Å². The Morgan fingerprint density at radius 1 is 1.63 bits per heavy atom. The van der Waals surface area contributed by atoms with E-state index >= 15 is 0 Å². The monoisotopic (exact) mass is 295 g/mol. The van der Waals surface area contributed by atoms with Crippen molar-refractivity contribution in [1.82, 2.24) is 5.32 Å². The van der Waals surface area contributed by atoms with Crippen LogP contribution in [0.3, 0.4) is 0 Å². The van der Waals surface area contributed by atoms with Gasteiger partial charge < -0.3 is 10.4 Å². The van der Waals surface area contributed by atoms with Crippen LogP contribution in [0.1, 0.15) is 33.0 Å². The van der Waals surface area contributed by atoms with Crippen LogP contribution in [-0.2, 0) is 0 Å². The molecule has 1 aromatic heterocycles. The van der Waals surface area contributed by atoms with Gasteiger partial charge in [0.05, 0.1) is 9.75 Å². The van der Waals surface area contributed by atoms with Gasteiger partial charge >= 0.3 is 0 Å². The van der Waals surface area contributed by atoms with Crippen molar-refractivity contribution >= 4 is 29.0 Å². The highest BCUT2D eigenvalue weighted by Crippen LogP contribution is 2.22. The second-order valence-electron chi connectivity index (χ2n) is 4.47. The summed E-state index contributed by atoms with van der Waals surface area (Å²) >= 11 is 3.29. The van der Waals surface area contributed by atoms with E-state index in [2.05, 4.69) is 17.2 Å². The van der Waals surface area contributed by atoms with Crippen LogP contribution < -0.4 is 5.32 Å². The first-order chi connectivity index (χ1) is 9.20. The minimum Gasteiger partial charge on any atom is -0.384 e. The lowest BCUT2D eigenvalue weighted by Crippen LogP contribution is -2.37. The number of aryl methyl sites for hydroxylation is 1. The number of thioether (sulfide) groups is 1. The second-order valence-corrected chi connectivity index (χ2v) is 6.67. The Morgan fingerprint density at radius 2 is 2.47 bits per heavy atom. The van der Waals surface area contributed by atoms with Crippen LogP contribution in [0.4, 0.5) is 0 Å². The third-order valence-corrected chi connectivity index (χ3v) is 5.28. The van der Waals surface area contributed by atoms with E-state index in [1.807, 2.05) is 24.8 Å². The van der Waals surface area contributed by atoms with Gasteiger partial charge in [0, 0.05) is 11.8 Å². The van der Waals surface area contributed by atoms with E-state index in [4.69, 9.17) is 5.11 Å². The molecule has 1 atom stereocenters. The normalized spacial score (nSPS) is 18.5. The standard InChI is InChI=1S/C14H17NO2S2/c1-10-8-13(19-12(10)5-2-6-16)14(17)15-11-4-3-7-18-9-11/h8,11,16H,3-4,6-7,9H2,1H3,(H,15,17). The van der Waals surface area contributed by atoms with Crippen molar-refractivity contribution in [3.05, 3.63) is 21.4 Å². The van der Waals surface area contributed by atoms with Crippen LogP contribution >= 0.6 is 23.1 Å². The molecule has 1 aromatic rings. The van der Waals surface area contributed by atoms with E-state index in [1.54, 1.807) is 0 Å². The first-order valence-corrected chi connectivity index (χ1v) is 8.26. The van der Waals surface area contributed by atoms with Gasteiger partial charge in [-0.15, -0.1) is 11.3 Å². The van der Waals surface area contributed by atoms with Gasteiger partial charge in [0.1, 0.15) is 6.61 Å². The molecule has 2 rings (SSSR count). The van der Waals surface area contributed by atoms with Crippen LogP contribution in [-0.4, -0.2) is 35.2 Å². The molecule has 1 amide bonds. The number of thiophene rings is 1. The molecule has 102 valence electrons. The summed E-state index contributed by atoms with van der Waals surface area (Å²) < 4.78 is 0. The predicted octanol–water partition coefficient (Wildman–Crippen LogP) is 2.03. The summed E-state index contributed by atoms with van der Waals surface area (Å²) in [6, 6.07) is 2.16. The molecule has 0 saturated carbocycles. The van der Waals surface area contributed by atoms with Crippen LogP contribution in [0.25, 0.3) is 0 Å². The zero-order valence-electron chi connectivity index (χ0n) is 10.9. The average molecular weight is 295 g/mol. The Hall–Kier alpha value is -0.960. The quantitative estimate of drug-likeness (QED) is 0.821. The number of carbonyl (C=O) groups excluding carboxylic acids is 1. The fourth-order valence-corrected chi connectivity index (χ4v) is 3.97. The van der Waals surface area contributed by atoms with Crippen molar-refractivity contribution in [2.75, 3.05) is 18.1 Å². The van der Waals surface area contributed by atoms with Crippen LogP contribution in [0, 0.1) is 18.8 Å². The topological polar surface area (TPSA) is 49.3 Å². The maximum Gasteiger partial charge on any atom is 0.261 e. The second kappa shape index (κ2) is 6.99. The molecule has 0 bridgehead atoms. The minimum absolute atomic E-state index is 0.00218. The largest absolute Gasteiger partial charge is 0.384 e. The minimum atomic E-state index is -0.155. The summed E-state index contributed by atoms with van der Waals surface area (Å²) in [5, 5.41) is 11.8. The molecule has 2 N–H and O–H groups in total. The zero-order chi connectivity index (χ0) is 13.7. The maximum absolute atomic E-state index is 12.1. The highest BCUT2D eigenvalue weighted by Gasteiger charge is 2.18. The van der Waals surface area contributed by atoms with Crippen LogP contribution in [0.15, 0.2) is 6.07 Å². The van der Waals surface area contributed by atoms with Gasteiger partial charge in [-0.1, -0.05) is 11.8 Å². The number of aliphatic hydroxyl groups is 1. The van der Waals surface area contributed by atoms with Gasteiger partial charge in [-0.05, 0) is 37.1 Å². The molecule has 19 heavy (non-hydrogen) atoms. The Balaban J connectivity index is 2.02. The highest BCUT2D eigenvalue weighted by molar-refractivity contribution is 7.99. The average Bonchev–Trinajstić information content (AvgIpc) is 2.79. The van der Waals surface area contributed by atoms with Crippen LogP contribution in [0.2, 0.25) is 0 Å². The molecule has 2 heterocycles. The lowest BCUT2D eigenvalue weighted by atomic mass is 10.2. The number of nitrogens with one attached hydrogen (secondary N) is 1. The van der Waals surface area contributed by atoms with Crippen molar-refractivity contribution in [1.29, 1.82) is 0 Å². The Morgan fingerprint density at radius 3 is 3.16 bits per heavy atom. The first kappa shape index (κ1) is 14.4. The first-order valence-electron chi connectivity index (χ1n) is 6.29. The Labute approximate surface area is 121 Å². The molecular weight excluding hydrogens is 278 g/mol. The third-order valence-electron chi connectivity index (χ3n) is 2.92. The van der Waals surface area contributed by atoms with Gasteiger partial charge in [-0.3, -0.25) is 4.79 Å². The Kier molecular flexibility index (Phi) is 5.32. The maximum atomic E-state index is 12.1. The number of carbonyl (C=O) groups is 1. The molecule has 0 aliphatic carbocycles. The molecule has 1 unspecified atom stereocenters. The molecule has 1 aliphatic rings. The van der Waals surface area contributed by atoms with Crippen molar-refractivity contribution in [2.45, 2.75) is 25.8 Å². The summed E-state index contributed by atoms with van der Waals surface area (Å²) in [6.07, 6.45) is 2.24. The molecule has 0 spiro atoms. The van der Waals surface area contributed by atoms with Crippen molar-refractivity contribution in [3.8, 4) is 11.8 Å². The fourth-order valence-electron chi connectivity index (χ4n) is 1.95. The van der Waals surface area contributed by atoms with E-state index in [0.717, 1.165) is 22.6 Å². The molecule has 3 nitrogen and oxygen atoms in total. The van der Waals surface area contributed by atoms with E-state index in [1.165, 1.54) is 23.5 Å². The number of hydrogen-bond acceptors (Lipinski definition) is 4. The molecule has 0 radical (unpaired) electrons. The predicted molar refractivity (Wildman–Crippen MR) is 80.8 cm³/mol. The van der Waals surface area contributed by atoms with Gasteiger partial charge in [0.25, 0.3) is 5.91 Å². The van der Waals surface area contributed by atoms with Crippen molar-refractivity contribution in [2.24, 2.45) is 0 Å². The number of aliphatic hydroxyl groups excluding tert-OH is 1. The number of hydrogen-bond donors (Lipinski definition) is 2. The van der Waals surface area contributed by atoms with Crippen LogP contribution in [0.5, 0.6) is 0 Å². The molecule has 0 aromatic carbocycles. The van der Waals surface area contributed by atoms with Gasteiger partial charge in [0.2, 0.25) is 0 Å². The SMILES string of the molecule is Cc1cc(C(=O)NC2CCCSC2)sc1C#CCO. The van der Waals surface area contributed by atoms with E-state index in [0.29, 0.717) is 10.9 Å². The summed E-state index contributed by atoms with van der Waals surface area (Å²) in [5.41, 5.74) is 0.995. The number of amides is 1. The molecule has 1 aliphatic heterocycles. The number of rotatable bonds is 2. The highest BCUT2D eigenvalue weighted by atomic mass is 32.2. The van der Waals surface area contributed by atoms with E-state index in [-0.39, 0.29) is 12.5 Å². The molecule has 1 fully saturated rings. The summed E-state index contributed by atoms with van der Waals surface area (Å²) in [4.78, 5) is 13.7. The van der Waals surface area contributed by atoms with Crippen molar-refractivity contribution in [3.63, 3.8) is 0 Å². The third kappa shape index (κ3) is 4.00. The Bertz CT molecular complexity index is 507. The van der Waals surface area contributed by atoms with Gasteiger partial charge in [-0.25, -0.2) is 0 Å². The van der Waals surface area contributed by atoms with Crippen molar-refractivity contribution < 1.29 is 9.90 Å². The summed E-state index contributed by atoms with van der Waals surface area (Å²) in [7, 11) is 0.